The van der Waals surface area contributed by atoms with Gasteiger partial charge in [0.1, 0.15) is 0 Å². The Morgan fingerprint density at radius 2 is 1.73 bits per heavy atom. The summed E-state index contributed by atoms with van der Waals surface area (Å²) in [6.07, 6.45) is 5.21. The molecule has 0 aliphatic carbocycles. The molecule has 0 bridgehead atoms. The molecule has 0 saturated carbocycles. The number of amides is 1. The maximum Gasteiger partial charge on any atom is 0.250 e. The standard InChI is InChI=1S/C26H25N5OS/c1-30(2)22-10-8-20(9-11-22)18-28-29-25(32)19-33-26-13-12-24(21-14-16-27-17-15-21)31(26)23-6-4-3-5-7-23/h3-18H,19H2,1-2H3,(H,29,32)/b28-18+. The van der Waals surface area contributed by atoms with E-state index in [-0.39, 0.29) is 11.7 Å². The third-order valence-electron chi connectivity index (χ3n) is 5.00. The van der Waals surface area contributed by atoms with Crippen LogP contribution in [0.2, 0.25) is 0 Å². The van der Waals surface area contributed by atoms with Gasteiger partial charge in [0, 0.05) is 43.4 Å². The number of hydrogen-bond donors (Lipinski definition) is 1. The third kappa shape index (κ3) is 5.70. The monoisotopic (exact) mass is 455 g/mol. The van der Waals surface area contributed by atoms with Crippen LogP contribution in [-0.4, -0.2) is 41.5 Å². The maximum absolute atomic E-state index is 12.4. The largest absolute Gasteiger partial charge is 0.378 e. The predicted octanol–water partition coefficient (Wildman–Crippen LogP) is 4.85. The second kappa shape index (κ2) is 10.7. The molecule has 0 atom stereocenters. The summed E-state index contributed by atoms with van der Waals surface area (Å²) in [5.41, 5.74) is 7.80. The van der Waals surface area contributed by atoms with Crippen LogP contribution in [0.5, 0.6) is 0 Å². The first-order chi connectivity index (χ1) is 16.1. The van der Waals surface area contributed by atoms with Gasteiger partial charge in [0.05, 0.1) is 22.7 Å². The van der Waals surface area contributed by atoms with Crippen molar-refractivity contribution in [2.24, 2.45) is 5.10 Å². The van der Waals surface area contributed by atoms with Crippen molar-refractivity contribution in [3.05, 3.63) is 96.8 Å². The summed E-state index contributed by atoms with van der Waals surface area (Å²) in [7, 11) is 3.99. The van der Waals surface area contributed by atoms with Gasteiger partial charge in [-0.25, -0.2) is 5.43 Å². The van der Waals surface area contributed by atoms with E-state index in [2.05, 4.69) is 38.3 Å². The van der Waals surface area contributed by atoms with E-state index < -0.39 is 0 Å². The summed E-state index contributed by atoms with van der Waals surface area (Å²) >= 11 is 1.47. The molecule has 0 aliphatic rings. The molecule has 0 fully saturated rings. The van der Waals surface area contributed by atoms with Crippen molar-refractivity contribution in [3.63, 3.8) is 0 Å². The lowest BCUT2D eigenvalue weighted by molar-refractivity contribution is -0.118. The second-order valence-corrected chi connectivity index (χ2v) is 8.53. The highest BCUT2D eigenvalue weighted by atomic mass is 32.2. The predicted molar refractivity (Wildman–Crippen MR) is 136 cm³/mol. The number of hydrogen-bond acceptors (Lipinski definition) is 5. The molecule has 0 unspecified atom stereocenters. The Hall–Kier alpha value is -3.84. The molecule has 2 aromatic carbocycles. The Morgan fingerprint density at radius 1 is 1.00 bits per heavy atom. The van der Waals surface area contributed by atoms with E-state index in [4.69, 9.17) is 0 Å². The van der Waals surface area contributed by atoms with Crippen LogP contribution in [0.1, 0.15) is 5.56 Å². The zero-order chi connectivity index (χ0) is 23.0. The summed E-state index contributed by atoms with van der Waals surface area (Å²) in [6.45, 7) is 0. The molecule has 6 nitrogen and oxygen atoms in total. The minimum absolute atomic E-state index is 0.160. The number of benzene rings is 2. The number of nitrogens with zero attached hydrogens (tertiary/aromatic N) is 4. The van der Waals surface area contributed by atoms with E-state index in [1.807, 2.05) is 79.7 Å². The summed E-state index contributed by atoms with van der Waals surface area (Å²) in [6, 6.07) is 26.1. The number of nitrogens with one attached hydrogen (secondary N) is 1. The van der Waals surface area contributed by atoms with Crippen molar-refractivity contribution in [3.8, 4) is 16.9 Å². The molecule has 1 amide bonds. The molecule has 7 heteroatoms. The summed E-state index contributed by atoms with van der Waals surface area (Å²) in [4.78, 5) is 18.6. The number of aromatic nitrogens is 2. The summed E-state index contributed by atoms with van der Waals surface area (Å²) in [5, 5.41) is 5.07. The van der Waals surface area contributed by atoms with E-state index in [0.717, 1.165) is 33.2 Å². The average molecular weight is 456 g/mol. The molecular formula is C26H25N5OS. The lowest BCUT2D eigenvalue weighted by Gasteiger charge is -2.13. The molecule has 0 radical (unpaired) electrons. The van der Waals surface area contributed by atoms with Gasteiger partial charge in [-0.1, -0.05) is 42.1 Å². The lowest BCUT2D eigenvalue weighted by Crippen LogP contribution is -2.19. The smallest absolute Gasteiger partial charge is 0.250 e. The van der Waals surface area contributed by atoms with Crippen molar-refractivity contribution in [1.29, 1.82) is 0 Å². The fourth-order valence-corrected chi connectivity index (χ4v) is 4.17. The molecule has 33 heavy (non-hydrogen) atoms. The Kier molecular flexibility index (Phi) is 7.22. The van der Waals surface area contributed by atoms with E-state index in [1.54, 1.807) is 18.6 Å². The lowest BCUT2D eigenvalue weighted by atomic mass is 10.2. The number of para-hydroxylation sites is 1. The Balaban J connectivity index is 1.44. The Morgan fingerprint density at radius 3 is 2.42 bits per heavy atom. The molecule has 0 aliphatic heterocycles. The van der Waals surface area contributed by atoms with Crippen LogP contribution in [0.15, 0.2) is 101 Å². The molecular weight excluding hydrogens is 430 g/mol. The van der Waals surface area contributed by atoms with Crippen LogP contribution in [0, 0.1) is 0 Å². The van der Waals surface area contributed by atoms with Gasteiger partial charge in [0.15, 0.2) is 0 Å². The Labute approximate surface area is 198 Å². The number of pyridine rings is 1. The van der Waals surface area contributed by atoms with E-state index in [1.165, 1.54) is 11.8 Å². The molecule has 2 heterocycles. The van der Waals surface area contributed by atoms with Gasteiger partial charge >= 0.3 is 0 Å². The maximum atomic E-state index is 12.4. The van der Waals surface area contributed by atoms with Crippen molar-refractivity contribution < 1.29 is 4.79 Å². The van der Waals surface area contributed by atoms with E-state index in [9.17, 15) is 4.79 Å². The second-order valence-electron chi connectivity index (χ2n) is 7.53. The molecule has 0 saturated heterocycles. The van der Waals surface area contributed by atoms with Gasteiger partial charge in [0.25, 0.3) is 0 Å². The van der Waals surface area contributed by atoms with E-state index >= 15 is 0 Å². The SMILES string of the molecule is CN(C)c1ccc(/C=N/NC(=O)CSc2ccc(-c3ccncc3)n2-c2ccccc2)cc1. The van der Waals surface area contributed by atoms with Crippen LogP contribution < -0.4 is 10.3 Å². The van der Waals surface area contributed by atoms with E-state index in [0.29, 0.717) is 0 Å². The first kappa shape index (κ1) is 22.4. The molecule has 166 valence electrons. The van der Waals surface area contributed by atoms with Crippen LogP contribution in [-0.2, 0) is 4.79 Å². The third-order valence-corrected chi connectivity index (χ3v) is 6.02. The fourth-order valence-electron chi connectivity index (χ4n) is 3.33. The molecule has 4 rings (SSSR count). The molecule has 0 spiro atoms. The van der Waals surface area contributed by atoms with Gasteiger partial charge in [-0.3, -0.25) is 9.78 Å². The minimum atomic E-state index is -0.160. The van der Waals surface area contributed by atoms with Crippen molar-refractivity contribution in [2.45, 2.75) is 5.03 Å². The van der Waals surface area contributed by atoms with Gasteiger partial charge in [-0.2, -0.15) is 5.10 Å². The van der Waals surface area contributed by atoms with Gasteiger partial charge in [0.2, 0.25) is 5.91 Å². The van der Waals surface area contributed by atoms with Crippen LogP contribution in [0.25, 0.3) is 16.9 Å². The minimum Gasteiger partial charge on any atom is -0.378 e. The van der Waals surface area contributed by atoms with Crippen LogP contribution in [0.4, 0.5) is 5.69 Å². The average Bonchev–Trinajstić information content (AvgIpc) is 3.28. The van der Waals surface area contributed by atoms with Crippen LogP contribution in [0.3, 0.4) is 0 Å². The molecule has 1 N–H and O–H groups in total. The van der Waals surface area contributed by atoms with Gasteiger partial charge in [-0.15, -0.1) is 0 Å². The van der Waals surface area contributed by atoms with Crippen molar-refractivity contribution >= 4 is 29.6 Å². The number of carbonyl (C=O) groups is 1. The summed E-state index contributed by atoms with van der Waals surface area (Å²) in [5.74, 6) is 0.0937. The van der Waals surface area contributed by atoms with Crippen molar-refractivity contribution in [1.82, 2.24) is 15.0 Å². The number of anilines is 1. The topological polar surface area (TPSA) is 62.5 Å². The number of carbonyl (C=O) groups excluding carboxylic acids is 1. The zero-order valence-electron chi connectivity index (χ0n) is 18.6. The number of rotatable bonds is 8. The number of hydrazone groups is 1. The Bertz CT molecular complexity index is 1220. The van der Waals surface area contributed by atoms with Crippen molar-refractivity contribution in [2.75, 3.05) is 24.7 Å². The molecule has 2 aromatic heterocycles. The zero-order valence-corrected chi connectivity index (χ0v) is 19.4. The van der Waals surface area contributed by atoms with Crippen LogP contribution >= 0.6 is 11.8 Å². The first-order valence-electron chi connectivity index (χ1n) is 10.5. The fraction of sp³-hybridized carbons (Fsp3) is 0.115. The highest BCUT2D eigenvalue weighted by molar-refractivity contribution is 7.99. The molecule has 4 aromatic rings. The van der Waals surface area contributed by atoms with Gasteiger partial charge in [-0.05, 0) is 54.1 Å². The normalized spacial score (nSPS) is 11.0. The number of thioether (sulfide) groups is 1. The highest BCUT2D eigenvalue weighted by Gasteiger charge is 2.13. The van der Waals surface area contributed by atoms with Gasteiger partial charge < -0.3 is 9.47 Å². The highest BCUT2D eigenvalue weighted by Crippen LogP contribution is 2.31. The quantitative estimate of drug-likeness (QED) is 0.234. The first-order valence-corrected chi connectivity index (χ1v) is 11.5. The summed E-state index contributed by atoms with van der Waals surface area (Å²) < 4.78 is 2.16.